The van der Waals surface area contributed by atoms with Gasteiger partial charge >= 0.3 is 0 Å². The molecule has 0 bridgehead atoms. The highest BCUT2D eigenvalue weighted by molar-refractivity contribution is 7.89. The standard InChI is InChI=1S/C22H27N7O4S/c1-16-13-17(2)29-21(25-16)19(15-24-29)22(30)27-7-5-26(6-8-27)20-4-3-18(14-23-20)34(31,32)28-9-11-33-12-10-28/h3-4,13-15H,5-12H2,1-2H3. The van der Waals surface area contributed by atoms with Gasteiger partial charge in [-0.2, -0.15) is 9.40 Å². The van der Waals surface area contributed by atoms with Crippen molar-refractivity contribution in [1.29, 1.82) is 0 Å². The van der Waals surface area contributed by atoms with Gasteiger partial charge in [0.15, 0.2) is 5.65 Å². The molecule has 1 amide bonds. The summed E-state index contributed by atoms with van der Waals surface area (Å²) < 4.78 is 34.0. The van der Waals surface area contributed by atoms with Crippen molar-refractivity contribution in [1.82, 2.24) is 28.8 Å². The molecule has 180 valence electrons. The summed E-state index contributed by atoms with van der Waals surface area (Å²) in [4.78, 5) is 26.1. The number of hydrogen-bond donors (Lipinski definition) is 0. The summed E-state index contributed by atoms with van der Waals surface area (Å²) in [5.74, 6) is 0.601. The van der Waals surface area contributed by atoms with Crippen LogP contribution in [0.25, 0.3) is 5.65 Å². The van der Waals surface area contributed by atoms with Crippen LogP contribution in [-0.2, 0) is 14.8 Å². The number of carbonyl (C=O) groups excluding carboxylic acids is 1. The van der Waals surface area contributed by atoms with E-state index in [0.29, 0.717) is 69.5 Å². The summed E-state index contributed by atoms with van der Waals surface area (Å²) in [5, 5.41) is 4.33. The first-order chi connectivity index (χ1) is 16.3. The molecule has 2 fully saturated rings. The fourth-order valence-corrected chi connectivity index (χ4v) is 5.73. The number of hydrogen-bond acceptors (Lipinski definition) is 8. The van der Waals surface area contributed by atoms with Gasteiger partial charge in [0.1, 0.15) is 16.3 Å². The minimum Gasteiger partial charge on any atom is -0.379 e. The van der Waals surface area contributed by atoms with Crippen LogP contribution in [0.15, 0.2) is 35.5 Å². The number of piperazine rings is 1. The van der Waals surface area contributed by atoms with Gasteiger partial charge in [0.2, 0.25) is 10.0 Å². The number of rotatable bonds is 4. The van der Waals surface area contributed by atoms with Gasteiger partial charge in [-0.05, 0) is 32.0 Å². The number of fused-ring (bicyclic) bond motifs is 1. The van der Waals surface area contributed by atoms with Crippen LogP contribution in [0.1, 0.15) is 21.7 Å². The molecule has 34 heavy (non-hydrogen) atoms. The lowest BCUT2D eigenvalue weighted by Gasteiger charge is -2.35. The summed E-state index contributed by atoms with van der Waals surface area (Å²) in [6, 6.07) is 5.25. The molecule has 0 spiro atoms. The van der Waals surface area contributed by atoms with Crippen LogP contribution < -0.4 is 4.90 Å². The lowest BCUT2D eigenvalue weighted by atomic mass is 10.2. The second-order valence-corrected chi connectivity index (χ2v) is 10.4. The number of pyridine rings is 1. The van der Waals surface area contributed by atoms with Gasteiger partial charge in [0.05, 0.1) is 19.4 Å². The quantitative estimate of drug-likeness (QED) is 0.531. The molecule has 0 saturated carbocycles. The van der Waals surface area contributed by atoms with Crippen molar-refractivity contribution in [2.45, 2.75) is 18.7 Å². The van der Waals surface area contributed by atoms with Crippen LogP contribution in [-0.4, -0.2) is 95.6 Å². The Balaban J connectivity index is 1.25. The molecule has 0 radical (unpaired) electrons. The largest absolute Gasteiger partial charge is 0.379 e. The second-order valence-electron chi connectivity index (χ2n) is 8.48. The molecular formula is C22H27N7O4S. The zero-order valence-corrected chi connectivity index (χ0v) is 20.0. The average Bonchev–Trinajstić information content (AvgIpc) is 3.28. The average molecular weight is 486 g/mol. The highest BCUT2D eigenvalue weighted by atomic mass is 32.2. The van der Waals surface area contributed by atoms with Crippen molar-refractivity contribution in [2.75, 3.05) is 57.4 Å². The Morgan fingerprint density at radius 3 is 2.41 bits per heavy atom. The minimum atomic E-state index is -3.57. The van der Waals surface area contributed by atoms with Crippen molar-refractivity contribution in [3.05, 3.63) is 47.5 Å². The number of sulfonamides is 1. The molecule has 0 aromatic carbocycles. The summed E-state index contributed by atoms with van der Waals surface area (Å²) in [7, 11) is -3.57. The van der Waals surface area contributed by atoms with Crippen molar-refractivity contribution in [3.63, 3.8) is 0 Å². The molecule has 2 saturated heterocycles. The number of nitrogens with zero attached hydrogens (tertiary/aromatic N) is 7. The Bertz CT molecular complexity index is 1310. The van der Waals surface area contributed by atoms with Crippen molar-refractivity contribution < 1.29 is 17.9 Å². The van der Waals surface area contributed by atoms with Gasteiger partial charge in [-0.1, -0.05) is 0 Å². The number of aromatic nitrogens is 4. The molecular weight excluding hydrogens is 458 g/mol. The predicted molar refractivity (Wildman–Crippen MR) is 124 cm³/mol. The maximum absolute atomic E-state index is 13.2. The van der Waals surface area contributed by atoms with Crippen LogP contribution in [0.3, 0.4) is 0 Å². The fourth-order valence-electron chi connectivity index (χ4n) is 4.38. The molecule has 0 N–H and O–H groups in total. The lowest BCUT2D eigenvalue weighted by Crippen LogP contribution is -2.49. The first-order valence-corrected chi connectivity index (χ1v) is 12.7. The Hall–Kier alpha value is -3.09. The van der Waals surface area contributed by atoms with E-state index in [2.05, 4.69) is 20.0 Å². The lowest BCUT2D eigenvalue weighted by molar-refractivity contribution is 0.0730. The summed E-state index contributed by atoms with van der Waals surface area (Å²) in [6.45, 7) is 7.58. The number of aryl methyl sites for hydroxylation is 2. The van der Waals surface area contributed by atoms with Crippen LogP contribution in [0.4, 0.5) is 5.82 Å². The van der Waals surface area contributed by atoms with E-state index in [4.69, 9.17) is 4.74 Å². The molecule has 0 aliphatic carbocycles. The van der Waals surface area contributed by atoms with Gasteiger partial charge in [0.25, 0.3) is 5.91 Å². The van der Waals surface area contributed by atoms with Gasteiger partial charge in [-0.15, -0.1) is 0 Å². The summed E-state index contributed by atoms with van der Waals surface area (Å²) in [5.41, 5.74) is 2.84. The zero-order chi connectivity index (χ0) is 23.9. The van der Waals surface area contributed by atoms with E-state index < -0.39 is 10.0 Å². The number of morpholine rings is 1. The highest BCUT2D eigenvalue weighted by Crippen LogP contribution is 2.21. The molecule has 12 heteroatoms. The van der Waals surface area contributed by atoms with Crippen LogP contribution >= 0.6 is 0 Å². The first-order valence-electron chi connectivity index (χ1n) is 11.2. The van der Waals surface area contributed by atoms with Gasteiger partial charge in [-0.25, -0.2) is 22.9 Å². The maximum atomic E-state index is 13.2. The molecule has 5 rings (SSSR count). The molecule has 2 aliphatic rings. The third-order valence-electron chi connectivity index (χ3n) is 6.23. The van der Waals surface area contributed by atoms with E-state index in [1.165, 1.54) is 10.5 Å². The molecule has 0 atom stereocenters. The number of amides is 1. The molecule has 3 aromatic heterocycles. The van der Waals surface area contributed by atoms with Crippen molar-refractivity contribution in [3.8, 4) is 0 Å². The molecule has 0 unspecified atom stereocenters. The number of carbonyl (C=O) groups is 1. The van der Waals surface area contributed by atoms with Crippen molar-refractivity contribution >= 4 is 27.4 Å². The first kappa shape index (κ1) is 22.7. The third kappa shape index (κ3) is 4.12. The molecule has 5 heterocycles. The number of anilines is 1. The predicted octanol–water partition coefficient (Wildman–Crippen LogP) is 0.724. The molecule has 11 nitrogen and oxygen atoms in total. The van der Waals surface area contributed by atoms with Crippen LogP contribution in [0, 0.1) is 13.8 Å². The zero-order valence-electron chi connectivity index (χ0n) is 19.2. The van der Waals surface area contributed by atoms with Gasteiger partial charge in [0, 0.05) is 56.9 Å². The van der Waals surface area contributed by atoms with E-state index in [0.717, 1.165) is 11.4 Å². The van der Waals surface area contributed by atoms with Gasteiger partial charge in [-0.3, -0.25) is 4.79 Å². The van der Waals surface area contributed by atoms with E-state index in [1.54, 1.807) is 27.7 Å². The normalized spacial score (nSPS) is 17.9. The Morgan fingerprint density at radius 1 is 1.00 bits per heavy atom. The summed E-state index contributed by atoms with van der Waals surface area (Å²) >= 11 is 0. The Morgan fingerprint density at radius 2 is 1.74 bits per heavy atom. The van der Waals surface area contributed by atoms with Gasteiger partial charge < -0.3 is 14.5 Å². The topological polar surface area (TPSA) is 113 Å². The van der Waals surface area contributed by atoms with E-state index in [1.807, 2.05) is 19.9 Å². The van der Waals surface area contributed by atoms with Crippen LogP contribution in [0.2, 0.25) is 0 Å². The maximum Gasteiger partial charge on any atom is 0.259 e. The third-order valence-corrected chi connectivity index (χ3v) is 8.11. The fraction of sp³-hybridized carbons (Fsp3) is 0.455. The highest BCUT2D eigenvalue weighted by Gasteiger charge is 2.28. The molecule has 3 aromatic rings. The number of ether oxygens (including phenoxy) is 1. The van der Waals surface area contributed by atoms with Crippen LogP contribution in [0.5, 0.6) is 0 Å². The van der Waals surface area contributed by atoms with E-state index in [9.17, 15) is 13.2 Å². The SMILES string of the molecule is Cc1cc(C)n2ncc(C(=O)N3CCN(c4ccc(S(=O)(=O)N5CCOCC5)cn4)CC3)c2n1. The second kappa shape index (κ2) is 8.93. The smallest absolute Gasteiger partial charge is 0.259 e. The van der Waals surface area contributed by atoms with E-state index in [-0.39, 0.29) is 10.8 Å². The molecule has 2 aliphatic heterocycles. The summed E-state index contributed by atoms with van der Waals surface area (Å²) in [6.07, 6.45) is 2.99. The Labute approximate surface area is 198 Å². The van der Waals surface area contributed by atoms with Crippen molar-refractivity contribution in [2.24, 2.45) is 0 Å². The van der Waals surface area contributed by atoms with E-state index >= 15 is 0 Å². The minimum absolute atomic E-state index is 0.0907. The monoisotopic (exact) mass is 485 g/mol. The Kier molecular flexibility index (Phi) is 5.96.